The number of benzene rings is 1. The predicted molar refractivity (Wildman–Crippen MR) is 94.2 cm³/mol. The van der Waals surface area contributed by atoms with Crippen LogP contribution in [0.1, 0.15) is 5.56 Å². The zero-order valence-electron chi connectivity index (χ0n) is 13.9. The second kappa shape index (κ2) is 8.73. The Morgan fingerprint density at radius 1 is 0.893 bits per heavy atom. The third-order valence-electron chi connectivity index (χ3n) is 3.03. The third-order valence-corrected chi connectivity index (χ3v) is 3.03. The lowest BCUT2D eigenvalue weighted by molar-refractivity contribution is -0.137. The van der Waals surface area contributed by atoms with Crippen LogP contribution in [-0.2, 0) is 16.6 Å². The molecule has 0 unspecified atom stereocenters. The van der Waals surface area contributed by atoms with Crippen molar-refractivity contribution in [3.8, 4) is 11.4 Å². The number of rotatable bonds is 3. The van der Waals surface area contributed by atoms with E-state index in [-0.39, 0.29) is 11.6 Å². The van der Waals surface area contributed by atoms with Crippen LogP contribution >= 0.6 is 0 Å². The molecule has 8 nitrogen and oxygen atoms in total. The fraction of sp³-hybridized carbons (Fsp3) is 0.0625. The van der Waals surface area contributed by atoms with E-state index in [0.29, 0.717) is 11.4 Å². The van der Waals surface area contributed by atoms with Gasteiger partial charge < -0.3 is 5.32 Å². The summed E-state index contributed by atoms with van der Waals surface area (Å²) in [5.41, 5.74) is 0.762. The largest absolute Gasteiger partial charge is 0.416 e. The molecule has 0 aliphatic carbocycles. The fourth-order valence-electron chi connectivity index (χ4n) is 1.98. The molecule has 0 spiro atoms. The molecule has 3 aromatic rings. The molecule has 0 aliphatic rings. The average Bonchev–Trinajstić information content (AvgIpc) is 2.61. The van der Waals surface area contributed by atoms with Crippen LogP contribution in [0.4, 0.5) is 24.8 Å². The average molecular weight is 414 g/mol. The fourth-order valence-corrected chi connectivity index (χ4v) is 1.98. The van der Waals surface area contributed by atoms with Gasteiger partial charge in [-0.2, -0.15) is 21.6 Å². The van der Waals surface area contributed by atoms with E-state index in [2.05, 4.69) is 20.3 Å². The van der Waals surface area contributed by atoms with E-state index in [1.807, 2.05) is 6.07 Å². The van der Waals surface area contributed by atoms with Gasteiger partial charge in [-0.3, -0.25) is 14.1 Å². The van der Waals surface area contributed by atoms with Crippen molar-refractivity contribution in [2.45, 2.75) is 6.18 Å². The second-order valence-corrected chi connectivity index (χ2v) is 6.03. The first-order valence-corrected chi connectivity index (χ1v) is 8.81. The summed E-state index contributed by atoms with van der Waals surface area (Å²) in [6.07, 6.45) is -1.24. The highest BCUT2D eigenvalue weighted by molar-refractivity contribution is 7.79. The van der Waals surface area contributed by atoms with Gasteiger partial charge in [0.1, 0.15) is 0 Å². The molecule has 0 fully saturated rings. The number of anilines is 2. The minimum Gasteiger partial charge on any atom is -0.324 e. The van der Waals surface area contributed by atoms with E-state index >= 15 is 0 Å². The van der Waals surface area contributed by atoms with E-state index in [1.165, 1.54) is 18.3 Å². The molecule has 1 aromatic carbocycles. The van der Waals surface area contributed by atoms with Crippen molar-refractivity contribution in [1.29, 1.82) is 0 Å². The molecule has 0 aliphatic heterocycles. The summed E-state index contributed by atoms with van der Waals surface area (Å²) in [6, 6.07) is 11.9. The van der Waals surface area contributed by atoms with Crippen molar-refractivity contribution in [2.24, 2.45) is 0 Å². The lowest BCUT2D eigenvalue weighted by atomic mass is 10.2. The van der Waals surface area contributed by atoms with Gasteiger partial charge in [-0.15, -0.1) is 0 Å². The summed E-state index contributed by atoms with van der Waals surface area (Å²) in [7, 11) is -4.67. The van der Waals surface area contributed by atoms with Gasteiger partial charge in [0, 0.05) is 18.1 Å². The molecule has 3 N–H and O–H groups in total. The van der Waals surface area contributed by atoms with E-state index in [0.717, 1.165) is 12.1 Å². The third kappa shape index (κ3) is 7.26. The Labute approximate surface area is 157 Å². The number of aromatic nitrogens is 3. The molecule has 0 atom stereocenters. The van der Waals surface area contributed by atoms with Gasteiger partial charge in [0.05, 0.1) is 17.0 Å². The highest BCUT2D eigenvalue weighted by Gasteiger charge is 2.30. The van der Waals surface area contributed by atoms with Gasteiger partial charge in [-0.1, -0.05) is 12.1 Å². The Kier molecular flexibility index (Phi) is 6.62. The van der Waals surface area contributed by atoms with E-state index < -0.39 is 22.1 Å². The molecule has 3 rings (SSSR count). The number of nitrogens with zero attached hydrogens (tertiary/aromatic N) is 3. The summed E-state index contributed by atoms with van der Waals surface area (Å²) in [4.78, 5) is 12.5. The molecule has 2 aromatic heterocycles. The van der Waals surface area contributed by atoms with Crippen molar-refractivity contribution in [2.75, 3.05) is 5.32 Å². The van der Waals surface area contributed by atoms with E-state index in [4.69, 9.17) is 17.5 Å². The van der Waals surface area contributed by atoms with E-state index in [1.54, 1.807) is 24.4 Å². The minimum absolute atomic E-state index is 0.201. The molecular formula is C16H13F3N4O4S. The molecular weight excluding hydrogens is 401 g/mol. The van der Waals surface area contributed by atoms with Crippen LogP contribution < -0.4 is 5.32 Å². The topological polar surface area (TPSA) is 125 Å². The molecule has 28 heavy (non-hydrogen) atoms. The highest BCUT2D eigenvalue weighted by atomic mass is 32.3. The van der Waals surface area contributed by atoms with Crippen molar-refractivity contribution in [3.63, 3.8) is 0 Å². The van der Waals surface area contributed by atoms with Crippen LogP contribution in [0, 0.1) is 0 Å². The lowest BCUT2D eigenvalue weighted by Crippen LogP contribution is -2.05. The number of pyridine rings is 1. The van der Waals surface area contributed by atoms with E-state index in [9.17, 15) is 13.2 Å². The monoisotopic (exact) mass is 414 g/mol. The van der Waals surface area contributed by atoms with Crippen molar-refractivity contribution in [3.05, 3.63) is 66.5 Å². The molecule has 0 amide bonds. The van der Waals surface area contributed by atoms with Gasteiger partial charge in [0.25, 0.3) is 0 Å². The summed E-state index contributed by atoms with van der Waals surface area (Å²) in [5, 5.41) is 2.78. The first-order chi connectivity index (χ1) is 13.0. The van der Waals surface area contributed by atoms with Crippen molar-refractivity contribution in [1.82, 2.24) is 15.0 Å². The maximum Gasteiger partial charge on any atom is 0.416 e. The Morgan fingerprint density at radius 2 is 1.61 bits per heavy atom. The van der Waals surface area contributed by atoms with Gasteiger partial charge in [0.2, 0.25) is 5.95 Å². The minimum atomic E-state index is -4.67. The summed E-state index contributed by atoms with van der Waals surface area (Å²) in [6.45, 7) is 0. The standard InChI is InChI=1S/C16H11F3N4.H2O4S/c17-16(18,19)11-4-3-5-12(10-11)22-15-21-9-7-14(23-15)13-6-1-2-8-20-13;1-5(2,3)4/h1-10H,(H,21,22,23);(H2,1,2,3,4). The first-order valence-electron chi connectivity index (χ1n) is 7.41. The lowest BCUT2D eigenvalue weighted by Gasteiger charge is -2.10. The highest BCUT2D eigenvalue weighted by Crippen LogP contribution is 2.31. The molecule has 148 valence electrons. The van der Waals surface area contributed by atoms with Crippen LogP contribution in [0.15, 0.2) is 60.9 Å². The number of alkyl halides is 3. The first kappa shape index (κ1) is 21.2. The zero-order chi connectivity index (χ0) is 20.8. The summed E-state index contributed by atoms with van der Waals surface area (Å²) in [5.74, 6) is 0.201. The molecule has 0 radical (unpaired) electrons. The molecule has 2 heterocycles. The smallest absolute Gasteiger partial charge is 0.324 e. The van der Waals surface area contributed by atoms with Gasteiger partial charge in [0.15, 0.2) is 0 Å². The SMILES string of the molecule is FC(F)(F)c1cccc(Nc2nccc(-c3ccccn3)n2)c1.O=S(=O)(O)O. The molecule has 0 saturated carbocycles. The maximum absolute atomic E-state index is 12.7. The van der Waals surface area contributed by atoms with Crippen LogP contribution in [0.25, 0.3) is 11.4 Å². The quantitative estimate of drug-likeness (QED) is 0.555. The van der Waals surface area contributed by atoms with Crippen LogP contribution in [0.2, 0.25) is 0 Å². The second-order valence-electron chi connectivity index (χ2n) is 5.13. The number of nitrogens with one attached hydrogen (secondary N) is 1. The Morgan fingerprint density at radius 3 is 2.21 bits per heavy atom. The van der Waals surface area contributed by atoms with Crippen LogP contribution in [0.5, 0.6) is 0 Å². The number of hydrogen-bond acceptors (Lipinski definition) is 6. The zero-order valence-corrected chi connectivity index (χ0v) is 14.7. The Hall–Kier alpha value is -3.09. The maximum atomic E-state index is 12.7. The normalized spacial score (nSPS) is 11.3. The van der Waals surface area contributed by atoms with Gasteiger partial charge in [-0.25, -0.2) is 9.97 Å². The summed E-state index contributed by atoms with van der Waals surface area (Å²) < 4.78 is 69.8. The molecule has 0 saturated heterocycles. The Bertz CT molecular complexity index is 1020. The van der Waals surface area contributed by atoms with Crippen molar-refractivity contribution < 1.29 is 30.7 Å². The molecule has 0 bridgehead atoms. The predicted octanol–water partition coefficient (Wildman–Crippen LogP) is 3.65. The van der Waals surface area contributed by atoms with Crippen LogP contribution in [-0.4, -0.2) is 32.5 Å². The van der Waals surface area contributed by atoms with Gasteiger partial charge >= 0.3 is 16.6 Å². The molecule has 12 heteroatoms. The van der Waals surface area contributed by atoms with Crippen molar-refractivity contribution >= 4 is 22.0 Å². The number of hydrogen-bond donors (Lipinski definition) is 3. The number of halogens is 3. The van der Waals surface area contributed by atoms with Crippen LogP contribution in [0.3, 0.4) is 0 Å². The Balaban J connectivity index is 0.000000500. The van der Waals surface area contributed by atoms with Gasteiger partial charge in [-0.05, 0) is 36.4 Å². The summed E-state index contributed by atoms with van der Waals surface area (Å²) >= 11 is 0.